The third-order valence-corrected chi connectivity index (χ3v) is 8.70. The van der Waals surface area contributed by atoms with E-state index in [1.807, 2.05) is 55.5 Å². The number of nitrogens with zero attached hydrogens (tertiary/aromatic N) is 5. The highest BCUT2D eigenvalue weighted by atomic mass is 32.2. The maximum atomic E-state index is 13.9. The van der Waals surface area contributed by atoms with Crippen LogP contribution in [0, 0.1) is 6.92 Å². The standard InChI is InChI=1S/C31H29N5O2S2/c1-22-9-8-14-35-27(22)32-28(34-17-15-33(16-18-34)20-23-10-4-2-5-11-23)25(29(35)37)19-26-30(38)36(31(39)40-26)21-24-12-6-3-7-13-24/h2-14,19H,15-18,20-21H2,1H3/b26-19-. The molecule has 2 aliphatic rings. The topological polar surface area (TPSA) is 61.2 Å². The number of aryl methyl sites for hydroxylation is 1. The van der Waals surface area contributed by atoms with Gasteiger partial charge < -0.3 is 4.90 Å². The van der Waals surface area contributed by atoms with Crippen LogP contribution in [0.5, 0.6) is 0 Å². The fraction of sp³-hybridized carbons (Fsp3) is 0.226. The van der Waals surface area contributed by atoms with Gasteiger partial charge >= 0.3 is 0 Å². The number of piperazine rings is 1. The largest absolute Gasteiger partial charge is 0.353 e. The number of rotatable bonds is 6. The van der Waals surface area contributed by atoms with E-state index in [0.717, 1.165) is 43.9 Å². The lowest BCUT2D eigenvalue weighted by atomic mass is 10.1. The molecule has 9 heteroatoms. The van der Waals surface area contributed by atoms with Gasteiger partial charge in [0.2, 0.25) is 0 Å². The molecule has 0 spiro atoms. The van der Waals surface area contributed by atoms with Gasteiger partial charge in [0.1, 0.15) is 15.8 Å². The maximum absolute atomic E-state index is 13.9. The molecule has 0 radical (unpaired) electrons. The molecule has 0 atom stereocenters. The predicted octanol–water partition coefficient (Wildman–Crippen LogP) is 4.73. The Morgan fingerprint density at radius 1 is 0.875 bits per heavy atom. The number of carbonyl (C=O) groups is 1. The van der Waals surface area contributed by atoms with E-state index in [-0.39, 0.29) is 11.5 Å². The van der Waals surface area contributed by atoms with Crippen LogP contribution in [0.1, 0.15) is 22.3 Å². The molecule has 4 aromatic rings. The van der Waals surface area contributed by atoms with Crippen molar-refractivity contribution in [2.24, 2.45) is 0 Å². The van der Waals surface area contributed by atoms with Gasteiger partial charge in [0.05, 0.1) is 17.0 Å². The van der Waals surface area contributed by atoms with E-state index in [9.17, 15) is 9.59 Å². The fourth-order valence-corrected chi connectivity index (χ4v) is 6.40. The number of aromatic nitrogens is 2. The first-order valence-corrected chi connectivity index (χ1v) is 14.5. The second-order valence-electron chi connectivity index (χ2n) is 10.0. The minimum atomic E-state index is -0.191. The number of anilines is 1. The van der Waals surface area contributed by atoms with Crippen molar-refractivity contribution >= 4 is 51.7 Å². The van der Waals surface area contributed by atoms with Crippen molar-refractivity contribution < 1.29 is 4.79 Å². The van der Waals surface area contributed by atoms with Crippen molar-refractivity contribution in [2.45, 2.75) is 20.0 Å². The highest BCUT2D eigenvalue weighted by Gasteiger charge is 2.33. The summed E-state index contributed by atoms with van der Waals surface area (Å²) >= 11 is 6.81. The van der Waals surface area contributed by atoms with Crippen LogP contribution in [0.15, 0.2) is 88.7 Å². The molecule has 7 nitrogen and oxygen atoms in total. The summed E-state index contributed by atoms with van der Waals surface area (Å²) in [7, 11) is 0. The number of hydrogen-bond donors (Lipinski definition) is 0. The minimum Gasteiger partial charge on any atom is -0.353 e. The molecule has 0 saturated carbocycles. The molecule has 0 bridgehead atoms. The highest BCUT2D eigenvalue weighted by molar-refractivity contribution is 8.26. The van der Waals surface area contributed by atoms with Crippen LogP contribution in [-0.4, -0.2) is 55.6 Å². The minimum absolute atomic E-state index is 0.189. The van der Waals surface area contributed by atoms with Gasteiger partial charge in [0.15, 0.2) is 0 Å². The first-order valence-electron chi connectivity index (χ1n) is 13.3. The lowest BCUT2D eigenvalue weighted by molar-refractivity contribution is -0.122. The van der Waals surface area contributed by atoms with Gasteiger partial charge in [0, 0.05) is 38.9 Å². The van der Waals surface area contributed by atoms with Gasteiger partial charge in [-0.2, -0.15) is 0 Å². The molecule has 2 aliphatic heterocycles. The highest BCUT2D eigenvalue weighted by Crippen LogP contribution is 2.34. The summed E-state index contributed by atoms with van der Waals surface area (Å²) in [6, 6.07) is 24.0. The fourth-order valence-electron chi connectivity index (χ4n) is 5.16. The van der Waals surface area contributed by atoms with E-state index in [1.165, 1.54) is 17.3 Å². The molecule has 6 rings (SSSR count). The quantitative estimate of drug-likeness (QED) is 0.247. The number of carbonyl (C=O) groups excluding carboxylic acids is 1. The van der Waals surface area contributed by atoms with Gasteiger partial charge in [-0.15, -0.1) is 0 Å². The molecule has 202 valence electrons. The van der Waals surface area contributed by atoms with Crippen LogP contribution >= 0.6 is 24.0 Å². The Morgan fingerprint density at radius 3 is 2.20 bits per heavy atom. The Balaban J connectivity index is 1.32. The third-order valence-electron chi connectivity index (χ3n) is 7.32. The zero-order valence-corrected chi connectivity index (χ0v) is 23.8. The third kappa shape index (κ3) is 5.32. The van der Waals surface area contributed by atoms with Crippen molar-refractivity contribution in [2.75, 3.05) is 31.1 Å². The molecule has 0 aliphatic carbocycles. The molecular weight excluding hydrogens is 539 g/mol. The van der Waals surface area contributed by atoms with Gasteiger partial charge in [0.25, 0.3) is 11.5 Å². The number of fused-ring (bicyclic) bond motifs is 1. The van der Waals surface area contributed by atoms with Crippen molar-refractivity contribution in [3.05, 3.63) is 117 Å². The van der Waals surface area contributed by atoms with Crippen LogP contribution in [0.4, 0.5) is 5.82 Å². The SMILES string of the molecule is Cc1cccn2c(=O)c(/C=C3\SC(=S)N(Cc4ccccc4)C3=O)c(N3CCN(Cc4ccccc4)CC3)nc12. The molecule has 2 fully saturated rings. The Labute approximate surface area is 242 Å². The number of thiocarbonyl (C=S) groups is 1. The molecule has 40 heavy (non-hydrogen) atoms. The molecule has 0 N–H and O–H groups in total. The van der Waals surface area contributed by atoms with Crippen molar-refractivity contribution in [1.29, 1.82) is 0 Å². The van der Waals surface area contributed by atoms with Crippen LogP contribution in [-0.2, 0) is 17.9 Å². The molecule has 0 unspecified atom stereocenters. The van der Waals surface area contributed by atoms with Gasteiger partial charge in [-0.25, -0.2) is 4.98 Å². The number of thioether (sulfide) groups is 1. The normalized spacial score (nSPS) is 17.4. The van der Waals surface area contributed by atoms with Crippen LogP contribution in [0.2, 0.25) is 0 Å². The summed E-state index contributed by atoms with van der Waals surface area (Å²) < 4.78 is 2.06. The van der Waals surface area contributed by atoms with Crippen molar-refractivity contribution in [3.63, 3.8) is 0 Å². The van der Waals surface area contributed by atoms with Crippen LogP contribution in [0.3, 0.4) is 0 Å². The summed E-state index contributed by atoms with van der Waals surface area (Å²) in [5, 5.41) is 0. The van der Waals surface area contributed by atoms with Crippen LogP contribution < -0.4 is 10.5 Å². The Hall–Kier alpha value is -3.79. The maximum Gasteiger partial charge on any atom is 0.267 e. The van der Waals surface area contributed by atoms with E-state index >= 15 is 0 Å². The van der Waals surface area contributed by atoms with E-state index in [0.29, 0.717) is 32.8 Å². The second kappa shape index (κ2) is 11.4. The average molecular weight is 568 g/mol. The summed E-state index contributed by atoms with van der Waals surface area (Å²) in [4.78, 5) is 39.0. The van der Waals surface area contributed by atoms with Crippen molar-refractivity contribution in [3.8, 4) is 0 Å². The monoisotopic (exact) mass is 567 g/mol. The van der Waals surface area contributed by atoms with E-state index < -0.39 is 0 Å². The summed E-state index contributed by atoms with van der Waals surface area (Å²) in [6.45, 7) is 6.41. The summed E-state index contributed by atoms with van der Waals surface area (Å²) in [5.74, 6) is 0.429. The van der Waals surface area contributed by atoms with Gasteiger partial charge in [-0.05, 0) is 35.8 Å². The molecule has 1 amide bonds. The second-order valence-corrected chi connectivity index (χ2v) is 11.7. The Bertz CT molecular complexity index is 1660. The average Bonchev–Trinajstić information content (AvgIpc) is 3.23. The summed E-state index contributed by atoms with van der Waals surface area (Å²) in [6.07, 6.45) is 3.43. The smallest absolute Gasteiger partial charge is 0.267 e. The number of benzene rings is 2. The lowest BCUT2D eigenvalue weighted by Gasteiger charge is -2.36. The number of hydrogen-bond acceptors (Lipinski definition) is 7. The Morgan fingerprint density at radius 2 is 1.52 bits per heavy atom. The summed E-state index contributed by atoms with van der Waals surface area (Å²) in [5.41, 5.74) is 4.06. The van der Waals surface area contributed by atoms with E-state index in [2.05, 4.69) is 34.1 Å². The van der Waals surface area contributed by atoms with Gasteiger partial charge in [-0.3, -0.25) is 23.8 Å². The Kier molecular flexibility index (Phi) is 7.51. The number of pyridine rings is 1. The zero-order valence-electron chi connectivity index (χ0n) is 22.2. The van der Waals surface area contributed by atoms with Gasteiger partial charge in [-0.1, -0.05) is 90.7 Å². The number of amides is 1. The molecule has 2 saturated heterocycles. The lowest BCUT2D eigenvalue weighted by Crippen LogP contribution is -2.47. The molecule has 2 aromatic heterocycles. The zero-order chi connectivity index (χ0) is 27.6. The molecular formula is C31H29N5O2S2. The van der Waals surface area contributed by atoms with Crippen LogP contribution in [0.25, 0.3) is 11.7 Å². The van der Waals surface area contributed by atoms with Crippen molar-refractivity contribution in [1.82, 2.24) is 19.2 Å². The van der Waals surface area contributed by atoms with E-state index in [4.69, 9.17) is 17.2 Å². The van der Waals surface area contributed by atoms with E-state index in [1.54, 1.807) is 21.6 Å². The predicted molar refractivity (Wildman–Crippen MR) is 165 cm³/mol. The first-order chi connectivity index (χ1) is 19.5. The molecule has 4 heterocycles. The first kappa shape index (κ1) is 26.4. The molecule has 2 aromatic carbocycles.